The van der Waals surface area contributed by atoms with Gasteiger partial charge in [0.1, 0.15) is 0 Å². The third-order valence-corrected chi connectivity index (χ3v) is 5.16. The highest BCUT2D eigenvalue weighted by Crippen LogP contribution is 2.59. The van der Waals surface area contributed by atoms with E-state index in [2.05, 4.69) is 65.0 Å². The van der Waals surface area contributed by atoms with Crippen molar-refractivity contribution in [1.82, 2.24) is 0 Å². The molecule has 18 heavy (non-hydrogen) atoms. The number of ether oxygens (including phenoxy) is 1. The molecule has 0 aromatic rings. The third-order valence-electron chi connectivity index (χ3n) is 5.16. The topological polar surface area (TPSA) is 9.23 Å². The van der Waals surface area contributed by atoms with Gasteiger partial charge < -0.3 is 4.74 Å². The summed E-state index contributed by atoms with van der Waals surface area (Å²) >= 11 is 0. The van der Waals surface area contributed by atoms with Crippen LogP contribution in [-0.2, 0) is 4.74 Å². The van der Waals surface area contributed by atoms with Crippen LogP contribution in [0, 0.1) is 11.3 Å². The Morgan fingerprint density at radius 1 is 1.00 bits per heavy atom. The largest absolute Gasteiger partial charge is 0.362 e. The van der Waals surface area contributed by atoms with Gasteiger partial charge in [0.05, 0.1) is 11.7 Å². The highest BCUT2D eigenvalue weighted by atomic mass is 16.5. The van der Waals surface area contributed by atoms with Crippen LogP contribution in [-0.4, -0.2) is 11.7 Å². The van der Waals surface area contributed by atoms with Crippen molar-refractivity contribution in [3.8, 4) is 0 Å². The third kappa shape index (κ3) is 1.26. The molecule has 1 aliphatic heterocycles. The van der Waals surface area contributed by atoms with Crippen LogP contribution in [0.4, 0.5) is 0 Å². The highest BCUT2D eigenvalue weighted by Gasteiger charge is 2.60. The van der Waals surface area contributed by atoms with Crippen molar-refractivity contribution in [3.63, 3.8) is 0 Å². The Kier molecular flexibility index (Phi) is 2.31. The molecule has 0 amide bonds. The number of rotatable bonds is 0. The molecule has 1 fully saturated rings. The molecule has 0 N–H and O–H groups in total. The second kappa shape index (κ2) is 3.48. The second-order valence-corrected chi connectivity index (χ2v) is 6.43. The summed E-state index contributed by atoms with van der Waals surface area (Å²) in [6.07, 6.45) is 11.4. The van der Waals surface area contributed by atoms with Crippen LogP contribution in [0.2, 0.25) is 0 Å². The van der Waals surface area contributed by atoms with Crippen LogP contribution >= 0.6 is 0 Å². The Morgan fingerprint density at radius 2 is 1.72 bits per heavy atom. The SMILES string of the molecule is CC1=CC=CC2(C)C1OC1(C)C(C)=CC=C(C)C12. The fourth-order valence-corrected chi connectivity index (χ4v) is 4.21. The van der Waals surface area contributed by atoms with Crippen molar-refractivity contribution in [2.75, 3.05) is 0 Å². The average molecular weight is 242 g/mol. The van der Waals surface area contributed by atoms with Crippen molar-refractivity contribution in [2.45, 2.75) is 46.3 Å². The summed E-state index contributed by atoms with van der Waals surface area (Å²) in [5.74, 6) is 0.444. The standard InChI is InChI=1S/C17H22O/c1-11-8-9-13(3)17(5)14(11)16(4)10-6-7-12(2)15(16)18-17/h6-10,14-15H,1-5H3. The van der Waals surface area contributed by atoms with Crippen LogP contribution < -0.4 is 0 Å². The molecule has 0 spiro atoms. The van der Waals surface area contributed by atoms with E-state index in [4.69, 9.17) is 4.74 Å². The van der Waals surface area contributed by atoms with Gasteiger partial charge in [-0.25, -0.2) is 0 Å². The quantitative estimate of drug-likeness (QED) is 0.619. The average Bonchev–Trinajstić information content (AvgIpc) is 2.56. The van der Waals surface area contributed by atoms with Crippen LogP contribution in [0.15, 0.2) is 47.1 Å². The molecule has 1 saturated heterocycles. The van der Waals surface area contributed by atoms with E-state index < -0.39 is 0 Å². The Hall–Kier alpha value is -1.08. The summed E-state index contributed by atoms with van der Waals surface area (Å²) in [7, 11) is 0. The van der Waals surface area contributed by atoms with Gasteiger partial charge in [-0.3, -0.25) is 0 Å². The summed E-state index contributed by atoms with van der Waals surface area (Å²) < 4.78 is 6.53. The number of hydrogen-bond donors (Lipinski definition) is 0. The minimum Gasteiger partial charge on any atom is -0.362 e. The van der Waals surface area contributed by atoms with Gasteiger partial charge in [-0.15, -0.1) is 0 Å². The smallest absolute Gasteiger partial charge is 0.0946 e. The molecule has 1 heterocycles. The molecular formula is C17H22O. The second-order valence-electron chi connectivity index (χ2n) is 6.43. The molecule has 96 valence electrons. The molecule has 0 aromatic carbocycles. The first-order valence-electron chi connectivity index (χ1n) is 6.79. The zero-order chi connectivity index (χ0) is 13.1. The molecule has 3 rings (SSSR count). The Labute approximate surface area is 110 Å². The Morgan fingerprint density at radius 3 is 2.44 bits per heavy atom. The van der Waals surface area contributed by atoms with Crippen molar-refractivity contribution in [3.05, 3.63) is 47.1 Å². The van der Waals surface area contributed by atoms with Gasteiger partial charge in [-0.05, 0) is 38.8 Å². The molecule has 2 aliphatic carbocycles. The van der Waals surface area contributed by atoms with Gasteiger partial charge in [0.15, 0.2) is 0 Å². The van der Waals surface area contributed by atoms with Crippen molar-refractivity contribution >= 4 is 0 Å². The number of fused-ring (bicyclic) bond motifs is 3. The van der Waals surface area contributed by atoms with Gasteiger partial charge >= 0.3 is 0 Å². The summed E-state index contributed by atoms with van der Waals surface area (Å²) in [5.41, 5.74) is 4.06. The molecule has 1 nitrogen and oxygen atoms in total. The maximum Gasteiger partial charge on any atom is 0.0946 e. The molecule has 0 radical (unpaired) electrons. The molecule has 4 unspecified atom stereocenters. The normalized spacial score (nSPS) is 45.9. The first-order valence-corrected chi connectivity index (χ1v) is 6.79. The molecule has 0 saturated carbocycles. The van der Waals surface area contributed by atoms with E-state index in [1.807, 2.05) is 0 Å². The zero-order valence-corrected chi connectivity index (χ0v) is 11.9. The van der Waals surface area contributed by atoms with Crippen LogP contribution in [0.5, 0.6) is 0 Å². The monoisotopic (exact) mass is 242 g/mol. The fourth-order valence-electron chi connectivity index (χ4n) is 4.21. The lowest BCUT2D eigenvalue weighted by molar-refractivity contribution is -0.00436. The summed E-state index contributed by atoms with van der Waals surface area (Å²) in [6.45, 7) is 11.2. The summed E-state index contributed by atoms with van der Waals surface area (Å²) in [6, 6.07) is 0. The van der Waals surface area contributed by atoms with E-state index in [0.717, 1.165) is 0 Å². The minimum atomic E-state index is -0.151. The van der Waals surface area contributed by atoms with Crippen LogP contribution in [0.25, 0.3) is 0 Å². The van der Waals surface area contributed by atoms with Crippen molar-refractivity contribution < 1.29 is 4.74 Å². The lowest BCUT2D eigenvalue weighted by Gasteiger charge is -2.40. The molecule has 3 aliphatic rings. The van der Waals surface area contributed by atoms with E-state index in [1.165, 1.54) is 16.7 Å². The Balaban J connectivity index is 2.18. The van der Waals surface area contributed by atoms with Crippen LogP contribution in [0.3, 0.4) is 0 Å². The molecule has 0 aromatic heterocycles. The van der Waals surface area contributed by atoms with Crippen molar-refractivity contribution in [2.24, 2.45) is 11.3 Å². The van der Waals surface area contributed by atoms with Gasteiger partial charge in [-0.1, -0.05) is 42.9 Å². The zero-order valence-electron chi connectivity index (χ0n) is 11.9. The van der Waals surface area contributed by atoms with E-state index in [0.29, 0.717) is 5.92 Å². The molecule has 4 atom stereocenters. The highest BCUT2D eigenvalue weighted by molar-refractivity contribution is 5.43. The maximum absolute atomic E-state index is 6.53. The molecule has 0 bridgehead atoms. The van der Waals surface area contributed by atoms with E-state index in [9.17, 15) is 0 Å². The summed E-state index contributed by atoms with van der Waals surface area (Å²) in [5, 5.41) is 0. The van der Waals surface area contributed by atoms with Gasteiger partial charge in [0, 0.05) is 11.3 Å². The minimum absolute atomic E-state index is 0.0870. The van der Waals surface area contributed by atoms with E-state index >= 15 is 0 Å². The lowest BCUT2D eigenvalue weighted by Crippen LogP contribution is -2.41. The lowest BCUT2D eigenvalue weighted by atomic mass is 9.61. The predicted molar refractivity (Wildman–Crippen MR) is 75.3 cm³/mol. The maximum atomic E-state index is 6.53. The van der Waals surface area contributed by atoms with Crippen molar-refractivity contribution in [1.29, 1.82) is 0 Å². The first-order chi connectivity index (χ1) is 8.39. The van der Waals surface area contributed by atoms with Gasteiger partial charge in [0.2, 0.25) is 0 Å². The van der Waals surface area contributed by atoms with E-state index in [1.54, 1.807) is 0 Å². The summed E-state index contributed by atoms with van der Waals surface area (Å²) in [4.78, 5) is 0. The van der Waals surface area contributed by atoms with Gasteiger partial charge in [0.25, 0.3) is 0 Å². The Bertz CT molecular complexity index is 520. The fraction of sp³-hybridized carbons (Fsp3) is 0.529. The number of hydrogen-bond acceptors (Lipinski definition) is 1. The number of allylic oxidation sites excluding steroid dienone is 4. The predicted octanol–water partition coefficient (Wildman–Crippen LogP) is 4.19. The first kappa shape index (κ1) is 12.0. The van der Waals surface area contributed by atoms with Crippen LogP contribution in [0.1, 0.15) is 34.6 Å². The molecule has 1 heteroatoms. The van der Waals surface area contributed by atoms with E-state index in [-0.39, 0.29) is 17.1 Å². The molecular weight excluding hydrogens is 220 g/mol. The van der Waals surface area contributed by atoms with Gasteiger partial charge in [-0.2, -0.15) is 0 Å².